The molecule has 1 aliphatic rings. The van der Waals surface area contributed by atoms with Crippen molar-refractivity contribution in [3.8, 4) is 0 Å². The minimum atomic E-state index is -0.730. The van der Waals surface area contributed by atoms with Gasteiger partial charge in [-0.2, -0.15) is 0 Å². The first-order valence-corrected chi connectivity index (χ1v) is 7.05. The molecule has 0 spiro atoms. The fourth-order valence-corrected chi connectivity index (χ4v) is 2.11. The van der Waals surface area contributed by atoms with Gasteiger partial charge in [0.2, 0.25) is 0 Å². The third-order valence-corrected chi connectivity index (χ3v) is 3.30. The molecule has 1 amide bonds. The van der Waals surface area contributed by atoms with Gasteiger partial charge in [-0.25, -0.2) is 8.78 Å². The van der Waals surface area contributed by atoms with E-state index in [1.807, 2.05) is 0 Å². The molecule has 2 rings (SSSR count). The molecule has 1 N–H and O–H groups in total. The van der Waals surface area contributed by atoms with Crippen molar-refractivity contribution in [2.75, 3.05) is 33.0 Å². The molecule has 4 nitrogen and oxygen atoms in total. The molecular weight excluding hydrogens is 280 g/mol. The second kappa shape index (κ2) is 8.05. The van der Waals surface area contributed by atoms with Crippen molar-refractivity contribution >= 4 is 5.91 Å². The standard InChI is InChI=1S/C15H19F2NO3/c16-12-2-3-14(17)13(8-12)15(19)18-5-1-6-20-9-11-4-7-21-10-11/h2-3,8,11H,1,4-7,9-10H2,(H,18,19). The number of hydrogen-bond donors (Lipinski definition) is 1. The molecule has 0 saturated carbocycles. The zero-order valence-electron chi connectivity index (χ0n) is 11.7. The Labute approximate surface area is 122 Å². The average Bonchev–Trinajstić information content (AvgIpc) is 2.98. The van der Waals surface area contributed by atoms with Crippen molar-refractivity contribution in [2.45, 2.75) is 12.8 Å². The molecule has 0 radical (unpaired) electrons. The van der Waals surface area contributed by atoms with Gasteiger partial charge in [-0.1, -0.05) is 0 Å². The van der Waals surface area contributed by atoms with Crippen molar-refractivity contribution in [2.24, 2.45) is 5.92 Å². The second-order valence-corrected chi connectivity index (χ2v) is 5.04. The Hall–Kier alpha value is -1.53. The van der Waals surface area contributed by atoms with Crippen LogP contribution in [0, 0.1) is 17.6 Å². The van der Waals surface area contributed by atoms with E-state index in [0.29, 0.717) is 32.1 Å². The lowest BCUT2D eigenvalue weighted by Gasteiger charge is -2.09. The number of rotatable bonds is 7. The van der Waals surface area contributed by atoms with Gasteiger partial charge in [-0.3, -0.25) is 4.79 Å². The highest BCUT2D eigenvalue weighted by Gasteiger charge is 2.15. The van der Waals surface area contributed by atoms with Crippen LogP contribution in [-0.2, 0) is 9.47 Å². The van der Waals surface area contributed by atoms with Crippen molar-refractivity contribution in [1.29, 1.82) is 0 Å². The Morgan fingerprint density at radius 2 is 2.29 bits per heavy atom. The van der Waals surface area contributed by atoms with Gasteiger partial charge in [0, 0.05) is 25.7 Å². The van der Waals surface area contributed by atoms with Gasteiger partial charge in [0.15, 0.2) is 0 Å². The zero-order chi connectivity index (χ0) is 15.1. The van der Waals surface area contributed by atoms with E-state index < -0.39 is 17.5 Å². The predicted octanol–water partition coefficient (Wildman–Crippen LogP) is 2.14. The Kier molecular flexibility index (Phi) is 6.07. The molecule has 0 bridgehead atoms. The van der Waals surface area contributed by atoms with Crippen LogP contribution in [-0.4, -0.2) is 38.9 Å². The van der Waals surface area contributed by atoms with E-state index in [2.05, 4.69) is 5.32 Å². The molecule has 1 unspecified atom stereocenters. The van der Waals surface area contributed by atoms with Crippen LogP contribution in [0.25, 0.3) is 0 Å². The Balaban J connectivity index is 1.61. The predicted molar refractivity (Wildman–Crippen MR) is 73.1 cm³/mol. The molecule has 1 fully saturated rings. The summed E-state index contributed by atoms with van der Waals surface area (Å²) in [6.45, 7) is 3.07. The molecule has 0 aromatic heterocycles. The van der Waals surface area contributed by atoms with Crippen molar-refractivity contribution in [3.63, 3.8) is 0 Å². The maximum atomic E-state index is 13.4. The summed E-state index contributed by atoms with van der Waals surface area (Å²) < 4.78 is 37.0. The summed E-state index contributed by atoms with van der Waals surface area (Å²) in [5.41, 5.74) is -0.279. The number of carbonyl (C=O) groups is 1. The van der Waals surface area contributed by atoms with Crippen LogP contribution >= 0.6 is 0 Å². The minimum Gasteiger partial charge on any atom is -0.381 e. The zero-order valence-corrected chi connectivity index (χ0v) is 11.7. The first kappa shape index (κ1) is 15.9. The summed E-state index contributed by atoms with van der Waals surface area (Å²) in [6.07, 6.45) is 1.64. The third kappa shape index (κ3) is 5.06. The summed E-state index contributed by atoms with van der Waals surface area (Å²) >= 11 is 0. The summed E-state index contributed by atoms with van der Waals surface area (Å²) in [5, 5.41) is 2.55. The first-order chi connectivity index (χ1) is 10.2. The number of halogens is 2. The highest BCUT2D eigenvalue weighted by molar-refractivity contribution is 5.94. The van der Waals surface area contributed by atoms with E-state index in [9.17, 15) is 13.6 Å². The number of ether oxygens (including phenoxy) is 2. The minimum absolute atomic E-state index is 0.279. The number of nitrogens with one attached hydrogen (secondary N) is 1. The highest BCUT2D eigenvalue weighted by Crippen LogP contribution is 2.12. The van der Waals surface area contributed by atoms with E-state index in [-0.39, 0.29) is 5.56 Å². The molecule has 1 heterocycles. The molecule has 0 aliphatic carbocycles. The van der Waals surface area contributed by atoms with Gasteiger partial charge in [0.05, 0.1) is 18.8 Å². The quantitative estimate of drug-likeness (QED) is 0.785. The van der Waals surface area contributed by atoms with Crippen LogP contribution in [0.5, 0.6) is 0 Å². The number of hydrogen-bond acceptors (Lipinski definition) is 3. The SMILES string of the molecule is O=C(NCCCOCC1CCOC1)c1cc(F)ccc1F. The maximum absolute atomic E-state index is 13.4. The van der Waals surface area contributed by atoms with E-state index in [4.69, 9.17) is 9.47 Å². The number of benzene rings is 1. The summed E-state index contributed by atoms with van der Waals surface area (Å²) in [7, 11) is 0. The number of carbonyl (C=O) groups excluding carboxylic acids is 1. The number of amides is 1. The van der Waals surface area contributed by atoms with Gasteiger partial charge in [-0.05, 0) is 31.0 Å². The molecule has 116 valence electrons. The summed E-state index contributed by atoms with van der Waals surface area (Å²) in [5.74, 6) is -1.52. The molecule has 1 atom stereocenters. The lowest BCUT2D eigenvalue weighted by atomic mass is 10.1. The van der Waals surface area contributed by atoms with Gasteiger partial charge >= 0.3 is 0 Å². The average molecular weight is 299 g/mol. The van der Waals surface area contributed by atoms with Gasteiger partial charge in [0.25, 0.3) is 5.91 Å². The molecule has 21 heavy (non-hydrogen) atoms. The summed E-state index contributed by atoms with van der Waals surface area (Å²) in [6, 6.07) is 2.81. The molecule has 1 saturated heterocycles. The van der Waals surface area contributed by atoms with Crippen LogP contribution in [0.1, 0.15) is 23.2 Å². The van der Waals surface area contributed by atoms with Gasteiger partial charge in [-0.15, -0.1) is 0 Å². The Morgan fingerprint density at radius 3 is 3.05 bits per heavy atom. The lowest BCUT2D eigenvalue weighted by molar-refractivity contribution is 0.0852. The fourth-order valence-electron chi connectivity index (χ4n) is 2.11. The van der Waals surface area contributed by atoms with E-state index >= 15 is 0 Å². The van der Waals surface area contributed by atoms with Gasteiger partial charge < -0.3 is 14.8 Å². The van der Waals surface area contributed by atoms with Crippen LogP contribution < -0.4 is 5.32 Å². The lowest BCUT2D eigenvalue weighted by Crippen LogP contribution is -2.26. The molecular formula is C15H19F2NO3. The van der Waals surface area contributed by atoms with E-state index in [0.717, 1.165) is 37.8 Å². The van der Waals surface area contributed by atoms with E-state index in [1.165, 1.54) is 0 Å². The smallest absolute Gasteiger partial charge is 0.254 e. The van der Waals surface area contributed by atoms with Crippen LogP contribution in [0.3, 0.4) is 0 Å². The fraction of sp³-hybridized carbons (Fsp3) is 0.533. The Morgan fingerprint density at radius 1 is 1.43 bits per heavy atom. The largest absolute Gasteiger partial charge is 0.381 e. The monoisotopic (exact) mass is 299 g/mol. The molecule has 1 aromatic rings. The molecule has 1 aliphatic heterocycles. The first-order valence-electron chi connectivity index (χ1n) is 7.05. The normalized spacial score (nSPS) is 17.9. The van der Waals surface area contributed by atoms with Crippen molar-refractivity contribution < 1.29 is 23.0 Å². The molecule has 6 heteroatoms. The van der Waals surface area contributed by atoms with E-state index in [1.54, 1.807) is 0 Å². The Bertz CT molecular complexity index is 476. The van der Waals surface area contributed by atoms with Crippen LogP contribution in [0.15, 0.2) is 18.2 Å². The maximum Gasteiger partial charge on any atom is 0.254 e. The third-order valence-electron chi connectivity index (χ3n) is 3.30. The van der Waals surface area contributed by atoms with Crippen molar-refractivity contribution in [1.82, 2.24) is 5.32 Å². The van der Waals surface area contributed by atoms with Crippen LogP contribution in [0.2, 0.25) is 0 Å². The second-order valence-electron chi connectivity index (χ2n) is 5.04. The summed E-state index contributed by atoms with van der Waals surface area (Å²) in [4.78, 5) is 11.7. The van der Waals surface area contributed by atoms with Gasteiger partial charge in [0.1, 0.15) is 11.6 Å². The highest BCUT2D eigenvalue weighted by atomic mass is 19.1. The topological polar surface area (TPSA) is 47.6 Å². The molecule has 1 aromatic carbocycles. The van der Waals surface area contributed by atoms with Crippen molar-refractivity contribution in [3.05, 3.63) is 35.4 Å². The van der Waals surface area contributed by atoms with Crippen LogP contribution in [0.4, 0.5) is 8.78 Å².